The average molecular weight is 454 g/mol. The summed E-state index contributed by atoms with van der Waals surface area (Å²) in [6.07, 6.45) is 3.82. The van der Waals surface area contributed by atoms with Crippen LogP contribution in [-0.4, -0.2) is 69.2 Å². The van der Waals surface area contributed by atoms with E-state index in [1.54, 1.807) is 25.1 Å². The molecule has 1 N–H and O–H groups in total. The largest absolute Gasteiger partial charge is 0.497 e. The summed E-state index contributed by atoms with van der Waals surface area (Å²) in [5.41, 5.74) is -1.05. The number of benzene rings is 1. The number of amides is 2. The van der Waals surface area contributed by atoms with E-state index in [-0.39, 0.29) is 30.8 Å². The van der Waals surface area contributed by atoms with E-state index >= 15 is 0 Å². The summed E-state index contributed by atoms with van der Waals surface area (Å²) in [5, 5.41) is 3.04. The van der Waals surface area contributed by atoms with Crippen LogP contribution >= 0.6 is 0 Å². The minimum absolute atomic E-state index is 0.0252. The zero-order valence-corrected chi connectivity index (χ0v) is 19.3. The molecule has 0 bridgehead atoms. The number of hydrogen-bond donors (Lipinski definition) is 1. The zero-order chi connectivity index (χ0) is 22.8. The van der Waals surface area contributed by atoms with Crippen LogP contribution in [0.15, 0.2) is 18.2 Å². The third-order valence-electron chi connectivity index (χ3n) is 6.10. The first-order valence-corrected chi connectivity index (χ1v) is 12.1. The molecular formula is C21H31N3O6S. The van der Waals surface area contributed by atoms with Gasteiger partial charge < -0.3 is 14.8 Å². The third kappa shape index (κ3) is 4.50. The number of nitrogens with zero attached hydrogens (tertiary/aromatic N) is 2. The van der Waals surface area contributed by atoms with Crippen molar-refractivity contribution in [2.24, 2.45) is 0 Å². The van der Waals surface area contributed by atoms with Crippen LogP contribution in [0, 0.1) is 0 Å². The van der Waals surface area contributed by atoms with Crippen LogP contribution in [0.2, 0.25) is 0 Å². The second-order valence-corrected chi connectivity index (χ2v) is 10.4. The van der Waals surface area contributed by atoms with Crippen molar-refractivity contribution in [2.45, 2.75) is 51.1 Å². The highest BCUT2D eigenvalue weighted by Crippen LogP contribution is 2.39. The monoisotopic (exact) mass is 453 g/mol. The molecule has 1 aliphatic heterocycles. The van der Waals surface area contributed by atoms with E-state index in [4.69, 9.17) is 9.47 Å². The summed E-state index contributed by atoms with van der Waals surface area (Å²) in [4.78, 5) is 28.2. The van der Waals surface area contributed by atoms with Crippen LogP contribution in [0.25, 0.3) is 0 Å². The first-order valence-electron chi connectivity index (χ1n) is 10.5. The number of hydrogen-bond acceptors (Lipinski definition) is 6. The minimum atomic E-state index is -3.66. The zero-order valence-electron chi connectivity index (χ0n) is 18.5. The van der Waals surface area contributed by atoms with Gasteiger partial charge in [0.2, 0.25) is 21.8 Å². The predicted molar refractivity (Wildman–Crippen MR) is 117 cm³/mol. The Bertz CT molecular complexity index is 944. The molecule has 1 saturated carbocycles. The van der Waals surface area contributed by atoms with Crippen LogP contribution in [0.4, 0.5) is 5.69 Å². The Morgan fingerprint density at radius 2 is 1.90 bits per heavy atom. The fourth-order valence-electron chi connectivity index (χ4n) is 4.30. The molecule has 0 spiro atoms. The van der Waals surface area contributed by atoms with Crippen LogP contribution in [-0.2, 0) is 19.6 Å². The molecule has 3 rings (SSSR count). The van der Waals surface area contributed by atoms with E-state index in [9.17, 15) is 18.0 Å². The number of carbonyl (C=O) groups is 2. The van der Waals surface area contributed by atoms with Gasteiger partial charge in [0, 0.05) is 18.7 Å². The summed E-state index contributed by atoms with van der Waals surface area (Å²) in [5.74, 6) is -0.110. The molecule has 1 aromatic rings. The standard InChI is InChI=1S/C21H31N3O6S/c1-5-31(27,28)23-13-19(25)24(17-11-10-16(29-3)12-18(17)30-4)21(2,14-23)20(26)22-15-8-6-7-9-15/h10-12,15H,5-9,13-14H2,1-4H3,(H,22,26)/t21-/m0/s1. The number of anilines is 1. The topological polar surface area (TPSA) is 105 Å². The van der Waals surface area contributed by atoms with Gasteiger partial charge in [0.1, 0.15) is 17.0 Å². The van der Waals surface area contributed by atoms with Crippen molar-refractivity contribution in [1.29, 1.82) is 0 Å². The lowest BCUT2D eigenvalue weighted by atomic mass is 9.93. The lowest BCUT2D eigenvalue weighted by Gasteiger charge is -2.47. The Balaban J connectivity index is 2.06. The van der Waals surface area contributed by atoms with Crippen molar-refractivity contribution in [1.82, 2.24) is 9.62 Å². The Morgan fingerprint density at radius 3 is 2.48 bits per heavy atom. The Kier molecular flexibility index (Phi) is 6.80. The number of piperazine rings is 1. The normalized spacial score (nSPS) is 23.1. The molecule has 9 nitrogen and oxygen atoms in total. The number of ether oxygens (including phenoxy) is 2. The van der Waals surface area contributed by atoms with Gasteiger partial charge in [0.05, 0.1) is 32.2 Å². The molecule has 2 aliphatic rings. The molecule has 1 aromatic carbocycles. The maximum absolute atomic E-state index is 13.5. The van der Waals surface area contributed by atoms with Crippen LogP contribution in [0.5, 0.6) is 11.5 Å². The van der Waals surface area contributed by atoms with Gasteiger partial charge in [-0.05, 0) is 38.8 Å². The SMILES string of the molecule is CCS(=O)(=O)N1CC(=O)N(c2ccc(OC)cc2OC)[C@](C)(C(=O)NC2CCCC2)C1. The second-order valence-electron chi connectivity index (χ2n) is 8.16. The first kappa shape index (κ1) is 23.3. The maximum atomic E-state index is 13.5. The van der Waals surface area contributed by atoms with Crippen molar-refractivity contribution in [3.63, 3.8) is 0 Å². The molecular weight excluding hydrogens is 422 g/mol. The molecule has 2 amide bonds. The summed E-state index contributed by atoms with van der Waals surface area (Å²) < 4.78 is 37.0. The summed E-state index contributed by atoms with van der Waals surface area (Å²) in [7, 11) is -0.674. The summed E-state index contributed by atoms with van der Waals surface area (Å²) in [6.45, 7) is 2.66. The van der Waals surface area contributed by atoms with Gasteiger partial charge in [-0.3, -0.25) is 14.5 Å². The van der Waals surface area contributed by atoms with Crippen molar-refractivity contribution in [2.75, 3.05) is 38.0 Å². The van der Waals surface area contributed by atoms with Gasteiger partial charge in [0.25, 0.3) is 0 Å². The van der Waals surface area contributed by atoms with E-state index in [1.807, 2.05) is 0 Å². The smallest absolute Gasteiger partial charge is 0.247 e. The molecule has 1 aliphatic carbocycles. The Morgan fingerprint density at radius 1 is 1.23 bits per heavy atom. The van der Waals surface area contributed by atoms with Gasteiger partial charge >= 0.3 is 0 Å². The molecule has 1 atom stereocenters. The number of carbonyl (C=O) groups excluding carboxylic acids is 2. The molecule has 2 fully saturated rings. The number of sulfonamides is 1. The van der Waals surface area contributed by atoms with Crippen LogP contribution in [0.3, 0.4) is 0 Å². The van der Waals surface area contributed by atoms with Crippen molar-refractivity contribution >= 4 is 27.5 Å². The third-order valence-corrected chi connectivity index (χ3v) is 7.88. The second kappa shape index (κ2) is 9.04. The first-order chi connectivity index (χ1) is 14.7. The molecule has 31 heavy (non-hydrogen) atoms. The van der Waals surface area contributed by atoms with Gasteiger partial charge in [-0.15, -0.1) is 0 Å². The highest BCUT2D eigenvalue weighted by Gasteiger charge is 2.51. The van der Waals surface area contributed by atoms with Crippen molar-refractivity contribution in [3.8, 4) is 11.5 Å². The molecule has 1 heterocycles. The van der Waals surface area contributed by atoms with Gasteiger partial charge in [-0.1, -0.05) is 12.8 Å². The number of rotatable bonds is 7. The predicted octanol–water partition coefficient (Wildman–Crippen LogP) is 1.52. The Hall–Kier alpha value is -2.33. The molecule has 172 valence electrons. The molecule has 1 saturated heterocycles. The van der Waals surface area contributed by atoms with Crippen molar-refractivity contribution in [3.05, 3.63) is 18.2 Å². The highest BCUT2D eigenvalue weighted by atomic mass is 32.2. The maximum Gasteiger partial charge on any atom is 0.247 e. The number of nitrogens with one attached hydrogen (secondary N) is 1. The van der Waals surface area contributed by atoms with Gasteiger partial charge in [-0.2, -0.15) is 4.31 Å². The number of methoxy groups -OCH3 is 2. The van der Waals surface area contributed by atoms with E-state index in [0.29, 0.717) is 17.2 Å². The van der Waals surface area contributed by atoms with E-state index < -0.39 is 21.5 Å². The molecule has 0 aromatic heterocycles. The van der Waals surface area contributed by atoms with Crippen LogP contribution < -0.4 is 19.7 Å². The highest BCUT2D eigenvalue weighted by molar-refractivity contribution is 7.89. The Labute approximate surface area is 183 Å². The van der Waals surface area contributed by atoms with E-state index in [0.717, 1.165) is 30.0 Å². The lowest BCUT2D eigenvalue weighted by molar-refractivity contribution is -0.133. The molecule has 10 heteroatoms. The summed E-state index contributed by atoms with van der Waals surface area (Å²) >= 11 is 0. The fourth-order valence-corrected chi connectivity index (χ4v) is 5.42. The summed E-state index contributed by atoms with van der Waals surface area (Å²) in [6, 6.07) is 4.99. The van der Waals surface area contributed by atoms with Crippen LogP contribution in [0.1, 0.15) is 39.5 Å². The van der Waals surface area contributed by atoms with Gasteiger partial charge in [-0.25, -0.2) is 8.42 Å². The van der Waals surface area contributed by atoms with Gasteiger partial charge in [0.15, 0.2) is 0 Å². The van der Waals surface area contributed by atoms with E-state index in [1.165, 1.54) is 26.0 Å². The fraction of sp³-hybridized carbons (Fsp3) is 0.619. The lowest BCUT2D eigenvalue weighted by Crippen LogP contribution is -2.70. The molecule has 0 unspecified atom stereocenters. The van der Waals surface area contributed by atoms with E-state index in [2.05, 4.69) is 5.32 Å². The minimum Gasteiger partial charge on any atom is -0.497 e. The average Bonchev–Trinajstić information content (AvgIpc) is 3.26. The van der Waals surface area contributed by atoms with Crippen molar-refractivity contribution < 1.29 is 27.5 Å². The molecule has 0 radical (unpaired) electrons. The quantitative estimate of drug-likeness (QED) is 0.671.